The van der Waals surface area contributed by atoms with E-state index in [1.807, 2.05) is 0 Å². The first-order valence-electron chi connectivity index (χ1n) is 6.35. The van der Waals surface area contributed by atoms with Gasteiger partial charge in [0.2, 0.25) is 0 Å². The molecule has 1 aliphatic carbocycles. The number of hydrogen-bond donors (Lipinski definition) is 1. The topological polar surface area (TPSA) is 88.9 Å². The monoisotopic (exact) mass is 337 g/mol. The van der Waals surface area contributed by atoms with Gasteiger partial charge in [-0.1, -0.05) is 15.9 Å². The fourth-order valence-electron chi connectivity index (χ4n) is 2.32. The Morgan fingerprint density at radius 1 is 1.50 bits per heavy atom. The first-order chi connectivity index (χ1) is 9.56. The molecule has 0 bridgehead atoms. The molecular weight excluding hydrogens is 326 g/mol. The van der Waals surface area contributed by atoms with Crippen LogP contribution in [0, 0.1) is 16.0 Å². The molecular formula is C13H12BrN3O3. The minimum Gasteiger partial charge on any atom is -0.313 e. The summed E-state index contributed by atoms with van der Waals surface area (Å²) < 4.78 is 0. The van der Waals surface area contributed by atoms with Crippen LogP contribution in [-0.4, -0.2) is 19.7 Å². The van der Waals surface area contributed by atoms with E-state index >= 15 is 0 Å². The molecule has 6 nitrogen and oxygen atoms in total. The van der Waals surface area contributed by atoms with Gasteiger partial charge in [0, 0.05) is 16.5 Å². The van der Waals surface area contributed by atoms with E-state index in [4.69, 9.17) is 0 Å². The first-order valence-corrected chi connectivity index (χ1v) is 7.26. The highest BCUT2D eigenvalue weighted by molar-refractivity contribution is 9.09. The van der Waals surface area contributed by atoms with Crippen molar-refractivity contribution in [3.63, 3.8) is 0 Å². The first kappa shape index (κ1) is 13.2. The Balaban J connectivity index is 2.10. The highest BCUT2D eigenvalue weighted by atomic mass is 79.9. The third-order valence-electron chi connectivity index (χ3n) is 3.59. The van der Waals surface area contributed by atoms with Gasteiger partial charge in [-0.2, -0.15) is 0 Å². The van der Waals surface area contributed by atoms with Crippen molar-refractivity contribution in [1.82, 2.24) is 9.97 Å². The van der Waals surface area contributed by atoms with Crippen LogP contribution in [0.15, 0.2) is 23.3 Å². The number of alkyl halides is 1. The van der Waals surface area contributed by atoms with E-state index < -0.39 is 4.92 Å². The lowest BCUT2D eigenvalue weighted by atomic mass is 10.0. The van der Waals surface area contributed by atoms with Crippen molar-refractivity contribution >= 4 is 32.5 Å². The summed E-state index contributed by atoms with van der Waals surface area (Å²) in [6, 6.07) is 2.97. The Kier molecular flexibility index (Phi) is 3.29. The molecule has 0 amide bonds. The zero-order chi connectivity index (χ0) is 14.3. The number of H-pyrrole nitrogens is 1. The summed E-state index contributed by atoms with van der Waals surface area (Å²) in [6.45, 7) is 0. The highest BCUT2D eigenvalue weighted by Crippen LogP contribution is 2.39. The van der Waals surface area contributed by atoms with Crippen molar-refractivity contribution in [3.8, 4) is 0 Å². The Bertz CT molecular complexity index is 739. The minimum atomic E-state index is -0.437. The smallest absolute Gasteiger partial charge is 0.273 e. The normalized spacial score (nSPS) is 16.2. The van der Waals surface area contributed by atoms with Crippen LogP contribution in [0.2, 0.25) is 0 Å². The van der Waals surface area contributed by atoms with Crippen LogP contribution in [0.25, 0.3) is 10.9 Å². The van der Waals surface area contributed by atoms with Gasteiger partial charge in [-0.25, -0.2) is 4.98 Å². The Morgan fingerprint density at radius 2 is 2.25 bits per heavy atom. The number of rotatable bonds is 4. The van der Waals surface area contributed by atoms with E-state index in [-0.39, 0.29) is 21.5 Å². The van der Waals surface area contributed by atoms with Crippen LogP contribution in [0.4, 0.5) is 5.69 Å². The molecule has 1 N–H and O–H groups in total. The van der Waals surface area contributed by atoms with Crippen LogP contribution < -0.4 is 5.56 Å². The minimum absolute atomic E-state index is 0.0129. The van der Waals surface area contributed by atoms with Crippen molar-refractivity contribution in [2.24, 2.45) is 5.92 Å². The summed E-state index contributed by atoms with van der Waals surface area (Å²) in [5, 5.41) is 11.5. The summed E-state index contributed by atoms with van der Waals surface area (Å²) in [7, 11) is 0. The lowest BCUT2D eigenvalue weighted by Crippen LogP contribution is -2.10. The number of hydrogen-bond acceptors (Lipinski definition) is 4. The average Bonchev–Trinajstić information content (AvgIpc) is 3.22. The van der Waals surface area contributed by atoms with Crippen LogP contribution in [-0.2, 0) is 6.42 Å². The molecule has 1 aliphatic rings. The van der Waals surface area contributed by atoms with E-state index in [2.05, 4.69) is 25.9 Å². The number of fused-ring (bicyclic) bond motifs is 1. The van der Waals surface area contributed by atoms with Gasteiger partial charge in [-0.15, -0.1) is 0 Å². The summed E-state index contributed by atoms with van der Waals surface area (Å²) >= 11 is 3.59. The molecule has 0 aliphatic heterocycles. The molecule has 1 atom stereocenters. The van der Waals surface area contributed by atoms with Crippen LogP contribution >= 0.6 is 15.9 Å². The number of nitrogens with one attached hydrogen (secondary N) is 1. The summed E-state index contributed by atoms with van der Waals surface area (Å²) in [5.74, 6) is 0.595. The van der Waals surface area contributed by atoms with E-state index in [0.29, 0.717) is 23.4 Å². The van der Waals surface area contributed by atoms with Crippen LogP contribution in [0.1, 0.15) is 18.4 Å². The van der Waals surface area contributed by atoms with Crippen molar-refractivity contribution in [3.05, 3.63) is 44.5 Å². The molecule has 7 heteroatoms. The van der Waals surface area contributed by atoms with E-state index in [0.717, 1.165) is 12.8 Å². The predicted octanol–water partition coefficient (Wildman–Crippen LogP) is 2.55. The van der Waals surface area contributed by atoms with Gasteiger partial charge in [0.05, 0.1) is 22.2 Å². The maximum Gasteiger partial charge on any atom is 0.273 e. The summed E-state index contributed by atoms with van der Waals surface area (Å²) in [6.07, 6.45) is 4.21. The van der Waals surface area contributed by atoms with Crippen molar-refractivity contribution in [1.29, 1.82) is 0 Å². The number of nitrogens with zero attached hydrogens (tertiary/aromatic N) is 2. The van der Waals surface area contributed by atoms with Gasteiger partial charge in [-0.3, -0.25) is 14.9 Å². The quantitative estimate of drug-likeness (QED) is 0.527. The van der Waals surface area contributed by atoms with Crippen molar-refractivity contribution in [2.45, 2.75) is 24.1 Å². The van der Waals surface area contributed by atoms with Gasteiger partial charge in [0.1, 0.15) is 0 Å². The third kappa shape index (κ3) is 2.45. The van der Waals surface area contributed by atoms with Gasteiger partial charge in [0.25, 0.3) is 11.2 Å². The lowest BCUT2D eigenvalue weighted by Gasteiger charge is -2.09. The SMILES string of the molecule is O=c1[nH]cnc2cc(CC(Br)C3CC3)c([N+](=O)[O-])cc12. The Labute approximate surface area is 122 Å². The molecule has 0 spiro atoms. The second-order valence-electron chi connectivity index (χ2n) is 5.04. The number of halogens is 1. The van der Waals surface area contributed by atoms with Gasteiger partial charge in [-0.05, 0) is 31.2 Å². The highest BCUT2D eigenvalue weighted by Gasteiger charge is 2.31. The largest absolute Gasteiger partial charge is 0.313 e. The van der Waals surface area contributed by atoms with Crippen molar-refractivity contribution in [2.75, 3.05) is 0 Å². The van der Waals surface area contributed by atoms with Gasteiger partial charge in [0.15, 0.2) is 0 Å². The Morgan fingerprint density at radius 3 is 2.90 bits per heavy atom. The molecule has 20 heavy (non-hydrogen) atoms. The number of benzene rings is 1. The number of aromatic amines is 1. The molecule has 1 saturated carbocycles. The van der Waals surface area contributed by atoms with E-state index in [9.17, 15) is 14.9 Å². The average molecular weight is 338 g/mol. The number of nitro benzene ring substituents is 1. The molecule has 1 aromatic carbocycles. The van der Waals surface area contributed by atoms with Crippen LogP contribution in [0.5, 0.6) is 0 Å². The van der Waals surface area contributed by atoms with Crippen molar-refractivity contribution < 1.29 is 4.92 Å². The van der Waals surface area contributed by atoms with Crippen LogP contribution in [0.3, 0.4) is 0 Å². The lowest BCUT2D eigenvalue weighted by molar-refractivity contribution is -0.385. The third-order valence-corrected chi connectivity index (χ3v) is 4.66. The van der Waals surface area contributed by atoms with Gasteiger partial charge >= 0.3 is 0 Å². The number of aromatic nitrogens is 2. The molecule has 1 unspecified atom stereocenters. The standard InChI is InChI=1S/C13H12BrN3O3/c14-10(7-1-2-7)3-8-4-11-9(5-12(8)17(19)20)13(18)16-6-15-11/h4-7,10H,1-3H2,(H,15,16,18). The molecule has 0 radical (unpaired) electrons. The fraction of sp³-hybridized carbons (Fsp3) is 0.385. The van der Waals surface area contributed by atoms with E-state index in [1.54, 1.807) is 6.07 Å². The maximum absolute atomic E-state index is 11.7. The molecule has 1 fully saturated rings. The summed E-state index contributed by atoms with van der Waals surface area (Å²) in [4.78, 5) is 29.2. The van der Waals surface area contributed by atoms with Gasteiger partial charge < -0.3 is 4.98 Å². The molecule has 1 aromatic heterocycles. The zero-order valence-electron chi connectivity index (χ0n) is 10.5. The second kappa shape index (κ2) is 4.97. The fourth-order valence-corrected chi connectivity index (χ4v) is 3.19. The van der Waals surface area contributed by atoms with E-state index in [1.165, 1.54) is 12.4 Å². The molecule has 0 saturated heterocycles. The molecule has 1 heterocycles. The Hall–Kier alpha value is -1.76. The predicted molar refractivity (Wildman–Crippen MR) is 78.2 cm³/mol. The zero-order valence-corrected chi connectivity index (χ0v) is 12.1. The molecule has 2 aromatic rings. The number of nitro groups is 1. The second-order valence-corrected chi connectivity index (χ2v) is 6.22. The molecule has 104 valence electrons. The summed E-state index contributed by atoms with van der Waals surface area (Å²) in [5.41, 5.74) is 0.738. The maximum atomic E-state index is 11.7. The molecule has 3 rings (SSSR count).